The van der Waals surface area contributed by atoms with E-state index in [1.807, 2.05) is 38.7 Å². The van der Waals surface area contributed by atoms with E-state index in [2.05, 4.69) is 11.9 Å². The lowest BCUT2D eigenvalue weighted by Gasteiger charge is -2.34. The highest BCUT2D eigenvalue weighted by Gasteiger charge is 2.30. The van der Waals surface area contributed by atoms with E-state index in [0.717, 1.165) is 17.2 Å². The van der Waals surface area contributed by atoms with Crippen molar-refractivity contribution in [2.24, 2.45) is 0 Å². The molecule has 0 spiro atoms. The van der Waals surface area contributed by atoms with Crippen LogP contribution in [-0.2, 0) is 17.1 Å². The summed E-state index contributed by atoms with van der Waals surface area (Å²) in [5.41, 5.74) is 3.36. The van der Waals surface area contributed by atoms with Crippen LogP contribution in [0, 0.1) is 6.92 Å². The predicted molar refractivity (Wildman–Crippen MR) is 74.9 cm³/mol. The Labute approximate surface area is 113 Å². The van der Waals surface area contributed by atoms with Crippen molar-refractivity contribution in [1.82, 2.24) is 4.98 Å². The van der Waals surface area contributed by atoms with Gasteiger partial charge in [-0.15, -0.1) is 0 Å². The number of pyridine rings is 1. The van der Waals surface area contributed by atoms with E-state index in [1.54, 1.807) is 0 Å². The first-order valence-electron chi connectivity index (χ1n) is 6.41. The Kier molecular flexibility index (Phi) is 4.17. The Morgan fingerprint density at radius 1 is 1.44 bits per heavy atom. The standard InChI is InChI=1S/C14H21NO2S/c1-5-6-18-9-11-7-15-10(2)13-12(11)8-16-14(3,4)17-13/h7H,5-6,8-9H2,1-4H3. The number of hydrogen-bond acceptors (Lipinski definition) is 4. The maximum Gasteiger partial charge on any atom is 0.205 e. The van der Waals surface area contributed by atoms with Gasteiger partial charge in [0.1, 0.15) is 5.75 Å². The molecule has 0 radical (unpaired) electrons. The fourth-order valence-corrected chi connectivity index (χ4v) is 2.84. The topological polar surface area (TPSA) is 31.4 Å². The molecule has 4 heteroatoms. The van der Waals surface area contributed by atoms with Crippen LogP contribution in [-0.4, -0.2) is 16.5 Å². The largest absolute Gasteiger partial charge is 0.461 e. The van der Waals surface area contributed by atoms with Crippen LogP contribution < -0.4 is 4.74 Å². The van der Waals surface area contributed by atoms with Gasteiger partial charge in [0.15, 0.2) is 0 Å². The second-order valence-corrected chi connectivity index (χ2v) is 6.12. The van der Waals surface area contributed by atoms with Crippen molar-refractivity contribution in [3.8, 4) is 5.75 Å². The van der Waals surface area contributed by atoms with E-state index in [-0.39, 0.29) is 0 Å². The molecule has 100 valence electrons. The Balaban J connectivity index is 2.24. The molecular weight excluding hydrogens is 246 g/mol. The molecule has 1 aliphatic heterocycles. The summed E-state index contributed by atoms with van der Waals surface area (Å²) in [5, 5.41) is 0. The third-order valence-corrected chi connectivity index (χ3v) is 4.13. The maximum absolute atomic E-state index is 5.90. The van der Waals surface area contributed by atoms with Crippen molar-refractivity contribution in [2.45, 2.75) is 52.3 Å². The molecule has 0 N–H and O–H groups in total. The quantitative estimate of drug-likeness (QED) is 0.779. The summed E-state index contributed by atoms with van der Waals surface area (Å²) in [6.45, 7) is 8.68. The third kappa shape index (κ3) is 2.98. The number of nitrogens with zero attached hydrogens (tertiary/aromatic N) is 1. The minimum atomic E-state index is -0.547. The van der Waals surface area contributed by atoms with Crippen molar-refractivity contribution in [3.63, 3.8) is 0 Å². The summed E-state index contributed by atoms with van der Waals surface area (Å²) in [6, 6.07) is 0. The van der Waals surface area contributed by atoms with Gasteiger partial charge in [0, 0.05) is 31.4 Å². The van der Waals surface area contributed by atoms with Gasteiger partial charge in [-0.1, -0.05) is 6.92 Å². The molecule has 0 aromatic carbocycles. The molecule has 0 saturated heterocycles. The number of rotatable bonds is 4. The maximum atomic E-state index is 5.90. The first-order valence-corrected chi connectivity index (χ1v) is 7.57. The average Bonchev–Trinajstić information content (AvgIpc) is 2.32. The van der Waals surface area contributed by atoms with Crippen LogP contribution >= 0.6 is 11.8 Å². The van der Waals surface area contributed by atoms with Gasteiger partial charge >= 0.3 is 0 Å². The zero-order valence-electron chi connectivity index (χ0n) is 11.6. The van der Waals surface area contributed by atoms with Gasteiger partial charge in [0.05, 0.1) is 12.3 Å². The van der Waals surface area contributed by atoms with Crippen molar-refractivity contribution < 1.29 is 9.47 Å². The minimum absolute atomic E-state index is 0.547. The lowest BCUT2D eigenvalue weighted by Crippen LogP contribution is -2.36. The van der Waals surface area contributed by atoms with Gasteiger partial charge in [-0.05, 0) is 24.7 Å². The Hall–Kier alpha value is -0.740. The summed E-state index contributed by atoms with van der Waals surface area (Å²) >= 11 is 1.93. The van der Waals surface area contributed by atoms with E-state index >= 15 is 0 Å². The molecular formula is C14H21NO2S. The van der Waals surface area contributed by atoms with Crippen molar-refractivity contribution in [2.75, 3.05) is 5.75 Å². The molecule has 0 bridgehead atoms. The van der Waals surface area contributed by atoms with Crippen LogP contribution in [0.25, 0.3) is 0 Å². The van der Waals surface area contributed by atoms with E-state index < -0.39 is 5.79 Å². The smallest absolute Gasteiger partial charge is 0.205 e. The monoisotopic (exact) mass is 267 g/mol. The number of aryl methyl sites for hydroxylation is 1. The molecule has 0 unspecified atom stereocenters. The van der Waals surface area contributed by atoms with Gasteiger partial charge < -0.3 is 9.47 Å². The Morgan fingerprint density at radius 2 is 2.22 bits per heavy atom. The summed E-state index contributed by atoms with van der Waals surface area (Å²) in [6.07, 6.45) is 3.16. The highest BCUT2D eigenvalue weighted by atomic mass is 32.2. The zero-order chi connectivity index (χ0) is 13.2. The highest BCUT2D eigenvalue weighted by molar-refractivity contribution is 7.98. The van der Waals surface area contributed by atoms with E-state index in [1.165, 1.54) is 23.3 Å². The summed E-state index contributed by atoms with van der Waals surface area (Å²) in [7, 11) is 0. The Morgan fingerprint density at radius 3 is 2.94 bits per heavy atom. The fraction of sp³-hybridized carbons (Fsp3) is 0.643. The number of thioether (sulfide) groups is 1. The lowest BCUT2D eigenvalue weighted by atomic mass is 10.1. The van der Waals surface area contributed by atoms with Gasteiger partial charge in [0.2, 0.25) is 5.79 Å². The summed E-state index contributed by atoms with van der Waals surface area (Å²) < 4.78 is 11.6. The number of ether oxygens (including phenoxy) is 2. The molecule has 1 aliphatic rings. The fourth-order valence-electron chi connectivity index (χ4n) is 1.94. The third-order valence-electron chi connectivity index (χ3n) is 2.92. The van der Waals surface area contributed by atoms with Crippen molar-refractivity contribution >= 4 is 11.8 Å². The number of aromatic nitrogens is 1. The van der Waals surface area contributed by atoms with Gasteiger partial charge in [-0.3, -0.25) is 4.98 Å². The van der Waals surface area contributed by atoms with Crippen LogP contribution in [0.15, 0.2) is 6.20 Å². The molecule has 2 heterocycles. The summed E-state index contributed by atoms with van der Waals surface area (Å²) in [4.78, 5) is 4.44. The normalized spacial score (nSPS) is 17.1. The molecule has 3 nitrogen and oxygen atoms in total. The molecule has 0 aliphatic carbocycles. The SMILES string of the molecule is CCCSCc1cnc(C)c2c1COC(C)(C)O2. The zero-order valence-corrected chi connectivity index (χ0v) is 12.4. The molecule has 0 saturated carbocycles. The molecule has 0 amide bonds. The first-order chi connectivity index (χ1) is 8.53. The highest BCUT2D eigenvalue weighted by Crippen LogP contribution is 2.36. The van der Waals surface area contributed by atoms with E-state index in [9.17, 15) is 0 Å². The number of fused-ring (bicyclic) bond motifs is 1. The molecule has 0 fully saturated rings. The predicted octanol–water partition coefficient (Wildman–Crippen LogP) is 3.68. The molecule has 0 atom stereocenters. The van der Waals surface area contributed by atoms with Crippen LogP contribution in [0.4, 0.5) is 0 Å². The van der Waals surface area contributed by atoms with Crippen molar-refractivity contribution in [1.29, 1.82) is 0 Å². The first kappa shape index (κ1) is 13.7. The molecule has 1 aromatic heterocycles. The minimum Gasteiger partial charge on any atom is -0.461 e. The van der Waals surface area contributed by atoms with Gasteiger partial charge in [-0.2, -0.15) is 11.8 Å². The van der Waals surface area contributed by atoms with E-state index in [4.69, 9.17) is 9.47 Å². The van der Waals surface area contributed by atoms with Crippen LogP contribution in [0.1, 0.15) is 44.0 Å². The average molecular weight is 267 g/mol. The van der Waals surface area contributed by atoms with Crippen LogP contribution in [0.3, 0.4) is 0 Å². The van der Waals surface area contributed by atoms with Crippen LogP contribution in [0.5, 0.6) is 5.75 Å². The van der Waals surface area contributed by atoms with Crippen LogP contribution in [0.2, 0.25) is 0 Å². The molecule has 1 aromatic rings. The van der Waals surface area contributed by atoms with Gasteiger partial charge in [-0.25, -0.2) is 0 Å². The van der Waals surface area contributed by atoms with E-state index in [0.29, 0.717) is 6.61 Å². The van der Waals surface area contributed by atoms with Gasteiger partial charge in [0.25, 0.3) is 0 Å². The molecule has 18 heavy (non-hydrogen) atoms. The second-order valence-electron chi connectivity index (χ2n) is 5.02. The Bertz CT molecular complexity index is 432. The number of hydrogen-bond donors (Lipinski definition) is 0. The summed E-state index contributed by atoms with van der Waals surface area (Å²) in [5.74, 6) is 2.53. The molecule has 2 rings (SSSR count). The van der Waals surface area contributed by atoms with Crippen molar-refractivity contribution in [3.05, 3.63) is 23.0 Å². The second kappa shape index (κ2) is 5.49. The lowest BCUT2D eigenvalue weighted by molar-refractivity contribution is -0.180.